The van der Waals surface area contributed by atoms with E-state index < -0.39 is 10.0 Å². The van der Waals surface area contributed by atoms with Crippen molar-refractivity contribution in [3.05, 3.63) is 23.8 Å². The molecule has 0 atom stereocenters. The third-order valence-electron chi connectivity index (χ3n) is 3.68. The molecule has 0 bridgehead atoms. The van der Waals surface area contributed by atoms with Gasteiger partial charge in [0, 0.05) is 18.7 Å². The summed E-state index contributed by atoms with van der Waals surface area (Å²) < 4.78 is 32.6. The van der Waals surface area contributed by atoms with Crippen LogP contribution >= 0.6 is 11.8 Å². The molecule has 3 N–H and O–H groups in total. The molecule has 21 heavy (non-hydrogen) atoms. The van der Waals surface area contributed by atoms with Gasteiger partial charge in [0.25, 0.3) is 0 Å². The summed E-state index contributed by atoms with van der Waals surface area (Å²) in [6, 6.07) is 4.78. The zero-order valence-electron chi connectivity index (χ0n) is 12.2. The second-order valence-corrected chi connectivity index (χ2v) is 8.08. The van der Waals surface area contributed by atoms with Crippen LogP contribution in [0.1, 0.15) is 18.4 Å². The Labute approximate surface area is 130 Å². The molecule has 1 aliphatic rings. The van der Waals surface area contributed by atoms with Crippen LogP contribution in [0.5, 0.6) is 5.75 Å². The third kappa shape index (κ3) is 4.35. The Bertz CT molecular complexity index is 570. The van der Waals surface area contributed by atoms with Crippen molar-refractivity contribution in [2.45, 2.75) is 24.3 Å². The van der Waals surface area contributed by atoms with Gasteiger partial charge >= 0.3 is 0 Å². The average molecular weight is 330 g/mol. The van der Waals surface area contributed by atoms with E-state index >= 15 is 0 Å². The van der Waals surface area contributed by atoms with Crippen LogP contribution in [-0.4, -0.2) is 33.6 Å². The van der Waals surface area contributed by atoms with Crippen molar-refractivity contribution in [1.29, 1.82) is 0 Å². The minimum Gasteiger partial charge on any atom is -0.496 e. The monoisotopic (exact) mass is 330 g/mol. The van der Waals surface area contributed by atoms with Crippen molar-refractivity contribution < 1.29 is 13.2 Å². The van der Waals surface area contributed by atoms with Crippen molar-refractivity contribution in [3.63, 3.8) is 0 Å². The highest BCUT2D eigenvalue weighted by Crippen LogP contribution is 2.24. The Balaban J connectivity index is 2.07. The molecule has 1 aromatic carbocycles. The minimum atomic E-state index is -3.49. The zero-order chi connectivity index (χ0) is 15.3. The maximum Gasteiger partial charge on any atom is 0.240 e. The number of thioether (sulfide) groups is 1. The molecule has 7 heteroatoms. The first kappa shape index (κ1) is 16.6. The van der Waals surface area contributed by atoms with E-state index in [4.69, 9.17) is 10.5 Å². The molecular weight excluding hydrogens is 308 g/mol. The summed E-state index contributed by atoms with van der Waals surface area (Å²) in [6.45, 7) is 0.749. The summed E-state index contributed by atoms with van der Waals surface area (Å²) >= 11 is 1.93. The van der Waals surface area contributed by atoms with Crippen molar-refractivity contribution >= 4 is 21.8 Å². The van der Waals surface area contributed by atoms with Crippen LogP contribution in [0.15, 0.2) is 23.1 Å². The molecule has 0 unspecified atom stereocenters. The van der Waals surface area contributed by atoms with E-state index in [1.54, 1.807) is 25.3 Å². The molecule has 118 valence electrons. The van der Waals surface area contributed by atoms with Crippen LogP contribution in [0.4, 0.5) is 0 Å². The molecule has 0 saturated carbocycles. The van der Waals surface area contributed by atoms with E-state index in [0.29, 0.717) is 23.8 Å². The van der Waals surface area contributed by atoms with Crippen LogP contribution in [-0.2, 0) is 16.6 Å². The Morgan fingerprint density at radius 1 is 1.38 bits per heavy atom. The number of nitrogens with one attached hydrogen (secondary N) is 1. The predicted octanol–water partition coefficient (Wildman–Crippen LogP) is 1.58. The van der Waals surface area contributed by atoms with Gasteiger partial charge in [-0.1, -0.05) is 0 Å². The SMILES string of the molecule is COc1ccc(S(=O)(=O)NCC2CCSCC2)cc1CN. The number of sulfonamides is 1. The van der Waals surface area contributed by atoms with Crippen LogP contribution in [0.2, 0.25) is 0 Å². The maximum atomic E-state index is 12.3. The molecule has 5 nitrogen and oxygen atoms in total. The van der Waals surface area contributed by atoms with Gasteiger partial charge in [-0.05, 0) is 48.5 Å². The Morgan fingerprint density at radius 3 is 2.71 bits per heavy atom. The number of hydrogen-bond donors (Lipinski definition) is 2. The lowest BCUT2D eigenvalue weighted by atomic mass is 10.0. The van der Waals surface area contributed by atoms with Crippen molar-refractivity contribution in [3.8, 4) is 5.75 Å². The molecule has 0 aromatic heterocycles. The Hall–Kier alpha value is -0.760. The molecule has 1 aliphatic heterocycles. The fourth-order valence-corrected chi connectivity index (χ4v) is 4.71. The lowest BCUT2D eigenvalue weighted by molar-refractivity contribution is 0.409. The van der Waals surface area contributed by atoms with Gasteiger partial charge in [0.05, 0.1) is 12.0 Å². The molecule has 2 rings (SSSR count). The molecule has 1 saturated heterocycles. The molecule has 0 spiro atoms. The summed E-state index contributed by atoms with van der Waals surface area (Å²) in [5, 5.41) is 0. The molecular formula is C14H22N2O3S2. The number of ether oxygens (including phenoxy) is 1. The average Bonchev–Trinajstić information content (AvgIpc) is 2.53. The number of nitrogens with two attached hydrogens (primary N) is 1. The van der Waals surface area contributed by atoms with Gasteiger partial charge in [0.2, 0.25) is 10.0 Å². The standard InChI is InChI=1S/C14H22N2O3S2/c1-19-14-3-2-13(8-12(14)9-15)21(17,18)16-10-11-4-6-20-7-5-11/h2-3,8,11,16H,4-7,9-10,15H2,1H3. The van der Waals surface area contributed by atoms with Gasteiger partial charge in [-0.2, -0.15) is 11.8 Å². The van der Waals surface area contributed by atoms with Crippen molar-refractivity contribution in [1.82, 2.24) is 4.72 Å². The number of hydrogen-bond acceptors (Lipinski definition) is 5. The van der Waals surface area contributed by atoms with E-state index in [1.165, 1.54) is 0 Å². The zero-order valence-corrected chi connectivity index (χ0v) is 13.8. The first-order valence-electron chi connectivity index (χ1n) is 7.01. The highest BCUT2D eigenvalue weighted by molar-refractivity contribution is 7.99. The summed E-state index contributed by atoms with van der Waals surface area (Å²) in [5.74, 6) is 3.28. The largest absolute Gasteiger partial charge is 0.496 e. The van der Waals surface area contributed by atoms with Gasteiger partial charge in [-0.25, -0.2) is 13.1 Å². The van der Waals surface area contributed by atoms with Gasteiger partial charge in [0.15, 0.2) is 0 Å². The normalized spacial score (nSPS) is 16.9. The van der Waals surface area contributed by atoms with Crippen molar-refractivity contribution in [2.75, 3.05) is 25.2 Å². The Kier molecular flexibility index (Phi) is 5.92. The van der Waals surface area contributed by atoms with E-state index in [2.05, 4.69) is 4.72 Å². The molecule has 1 aromatic rings. The molecule has 0 radical (unpaired) electrons. The molecule has 0 amide bonds. The van der Waals surface area contributed by atoms with Gasteiger partial charge in [-0.3, -0.25) is 0 Å². The van der Waals surface area contributed by atoms with Crippen LogP contribution < -0.4 is 15.2 Å². The smallest absolute Gasteiger partial charge is 0.240 e. The fraction of sp³-hybridized carbons (Fsp3) is 0.571. The highest BCUT2D eigenvalue weighted by Gasteiger charge is 2.20. The van der Waals surface area contributed by atoms with E-state index in [1.807, 2.05) is 11.8 Å². The van der Waals surface area contributed by atoms with E-state index in [0.717, 1.165) is 24.3 Å². The molecule has 0 aliphatic carbocycles. The topological polar surface area (TPSA) is 81.4 Å². The van der Waals surface area contributed by atoms with Gasteiger partial charge < -0.3 is 10.5 Å². The van der Waals surface area contributed by atoms with E-state index in [9.17, 15) is 8.42 Å². The molecule has 1 fully saturated rings. The minimum absolute atomic E-state index is 0.242. The summed E-state index contributed by atoms with van der Waals surface area (Å²) in [4.78, 5) is 0.244. The Morgan fingerprint density at radius 2 is 2.10 bits per heavy atom. The van der Waals surface area contributed by atoms with Gasteiger partial charge in [0.1, 0.15) is 5.75 Å². The predicted molar refractivity (Wildman–Crippen MR) is 86.1 cm³/mol. The summed E-state index contributed by atoms with van der Waals surface area (Å²) in [7, 11) is -1.94. The van der Waals surface area contributed by atoms with E-state index in [-0.39, 0.29) is 11.4 Å². The van der Waals surface area contributed by atoms with Crippen molar-refractivity contribution in [2.24, 2.45) is 11.7 Å². The number of rotatable bonds is 6. The second-order valence-electron chi connectivity index (χ2n) is 5.09. The maximum absolute atomic E-state index is 12.3. The summed E-state index contributed by atoms with van der Waals surface area (Å²) in [5.41, 5.74) is 6.32. The summed E-state index contributed by atoms with van der Waals surface area (Å²) in [6.07, 6.45) is 2.15. The third-order valence-corrected chi connectivity index (χ3v) is 6.15. The first-order valence-corrected chi connectivity index (χ1v) is 9.65. The number of benzene rings is 1. The molecule has 1 heterocycles. The van der Waals surface area contributed by atoms with Crippen LogP contribution in [0, 0.1) is 5.92 Å². The second kappa shape index (κ2) is 7.49. The van der Waals surface area contributed by atoms with Crippen LogP contribution in [0.3, 0.4) is 0 Å². The first-order chi connectivity index (χ1) is 10.1. The van der Waals surface area contributed by atoms with Crippen LogP contribution in [0.25, 0.3) is 0 Å². The highest BCUT2D eigenvalue weighted by atomic mass is 32.2. The fourth-order valence-electron chi connectivity index (χ4n) is 2.34. The number of methoxy groups -OCH3 is 1. The lowest BCUT2D eigenvalue weighted by Crippen LogP contribution is -2.31. The lowest BCUT2D eigenvalue weighted by Gasteiger charge is -2.21. The quantitative estimate of drug-likeness (QED) is 0.827. The van der Waals surface area contributed by atoms with Gasteiger partial charge in [-0.15, -0.1) is 0 Å².